The molecule has 0 saturated heterocycles. The zero-order valence-corrected chi connectivity index (χ0v) is 15.0. The minimum Gasteiger partial charge on any atom is -0.481 e. The molecule has 0 aliphatic rings. The van der Waals surface area contributed by atoms with E-state index >= 15 is 0 Å². The molecule has 0 radical (unpaired) electrons. The first-order valence-electron chi connectivity index (χ1n) is 7.19. The molecule has 0 atom stereocenters. The monoisotopic (exact) mass is 389 g/mol. The van der Waals surface area contributed by atoms with E-state index in [4.69, 9.17) is 5.11 Å². The summed E-state index contributed by atoms with van der Waals surface area (Å²) in [4.78, 5) is 12.3. The molecule has 0 unspecified atom stereocenters. The molecule has 0 spiro atoms. The fourth-order valence-electron chi connectivity index (χ4n) is 2.70. The number of carboxylic acids is 1. The Hall–Kier alpha value is -1.72. The molecule has 5 heteroatoms. The number of thioether (sulfide) groups is 1. The van der Waals surface area contributed by atoms with Gasteiger partial charge in [-0.2, -0.15) is 0 Å². The molecule has 0 fully saturated rings. The summed E-state index contributed by atoms with van der Waals surface area (Å²) < 4.78 is 3.18. The number of aromatic nitrogens is 1. The standard InChI is InChI=1S/C18H16BrNO2S/c1-23-15-6-7-17-16(9-15)13(8-18(21)22)11-20(17)10-12-2-4-14(19)5-3-12/h2-7,9,11H,8,10H2,1H3,(H,21,22). The molecule has 23 heavy (non-hydrogen) atoms. The van der Waals surface area contributed by atoms with Crippen LogP contribution < -0.4 is 0 Å². The molecule has 0 aliphatic heterocycles. The second kappa shape index (κ2) is 6.81. The molecule has 118 valence electrons. The van der Waals surface area contributed by atoms with Gasteiger partial charge in [0, 0.05) is 33.0 Å². The molecular weight excluding hydrogens is 374 g/mol. The Bertz CT molecular complexity index is 855. The number of fused-ring (bicyclic) bond motifs is 1. The van der Waals surface area contributed by atoms with E-state index < -0.39 is 5.97 Å². The van der Waals surface area contributed by atoms with Crippen molar-refractivity contribution in [1.82, 2.24) is 4.57 Å². The van der Waals surface area contributed by atoms with Gasteiger partial charge in [0.25, 0.3) is 0 Å². The van der Waals surface area contributed by atoms with Gasteiger partial charge in [-0.15, -0.1) is 11.8 Å². The number of nitrogens with zero attached hydrogens (tertiary/aromatic N) is 1. The summed E-state index contributed by atoms with van der Waals surface area (Å²) in [6.45, 7) is 0.724. The van der Waals surface area contributed by atoms with E-state index in [2.05, 4.69) is 50.8 Å². The maximum absolute atomic E-state index is 11.2. The van der Waals surface area contributed by atoms with Crippen LogP contribution in [-0.4, -0.2) is 21.9 Å². The number of hydrogen-bond donors (Lipinski definition) is 1. The summed E-state index contributed by atoms with van der Waals surface area (Å²) in [5.41, 5.74) is 3.11. The van der Waals surface area contributed by atoms with Gasteiger partial charge >= 0.3 is 5.97 Å². The van der Waals surface area contributed by atoms with E-state index in [9.17, 15) is 4.79 Å². The van der Waals surface area contributed by atoms with Gasteiger partial charge in [0.05, 0.1) is 6.42 Å². The summed E-state index contributed by atoms with van der Waals surface area (Å²) in [5, 5.41) is 10.2. The predicted molar refractivity (Wildman–Crippen MR) is 98.3 cm³/mol. The zero-order chi connectivity index (χ0) is 16.4. The first-order valence-corrected chi connectivity index (χ1v) is 9.20. The minimum atomic E-state index is -0.803. The Balaban J connectivity index is 2.05. The summed E-state index contributed by atoms with van der Waals surface area (Å²) in [7, 11) is 0. The van der Waals surface area contributed by atoms with Crippen molar-refractivity contribution in [3.63, 3.8) is 0 Å². The van der Waals surface area contributed by atoms with Gasteiger partial charge < -0.3 is 9.67 Å². The van der Waals surface area contributed by atoms with Crippen molar-refractivity contribution >= 4 is 44.6 Å². The number of aliphatic carboxylic acids is 1. The third-order valence-electron chi connectivity index (χ3n) is 3.78. The summed E-state index contributed by atoms with van der Waals surface area (Å²) in [6, 6.07) is 14.4. The molecule has 0 amide bonds. The van der Waals surface area contributed by atoms with Crippen LogP contribution in [0.3, 0.4) is 0 Å². The first-order chi connectivity index (χ1) is 11.1. The highest BCUT2D eigenvalue weighted by Gasteiger charge is 2.12. The van der Waals surface area contributed by atoms with Crippen molar-refractivity contribution in [2.75, 3.05) is 6.26 Å². The maximum Gasteiger partial charge on any atom is 0.307 e. The second-order valence-electron chi connectivity index (χ2n) is 5.36. The van der Waals surface area contributed by atoms with Crippen molar-refractivity contribution in [3.8, 4) is 0 Å². The molecular formula is C18H16BrNO2S. The van der Waals surface area contributed by atoms with Gasteiger partial charge in [-0.1, -0.05) is 28.1 Å². The number of carbonyl (C=O) groups is 1. The Morgan fingerprint density at radius 2 is 1.96 bits per heavy atom. The van der Waals surface area contributed by atoms with E-state index in [0.717, 1.165) is 32.4 Å². The van der Waals surface area contributed by atoms with Crippen LogP contribution in [0.2, 0.25) is 0 Å². The fourth-order valence-corrected chi connectivity index (χ4v) is 3.40. The van der Waals surface area contributed by atoms with Crippen LogP contribution in [-0.2, 0) is 17.8 Å². The topological polar surface area (TPSA) is 42.2 Å². The van der Waals surface area contributed by atoms with Crippen LogP contribution in [0.15, 0.2) is 58.0 Å². The van der Waals surface area contributed by atoms with Gasteiger partial charge in [0.1, 0.15) is 0 Å². The molecule has 3 nitrogen and oxygen atoms in total. The summed E-state index contributed by atoms with van der Waals surface area (Å²) in [6.07, 6.45) is 4.03. The van der Waals surface area contributed by atoms with E-state index in [1.165, 1.54) is 5.56 Å². The highest BCUT2D eigenvalue weighted by Crippen LogP contribution is 2.28. The molecule has 0 saturated carbocycles. The largest absolute Gasteiger partial charge is 0.481 e. The molecule has 1 N–H and O–H groups in total. The molecule has 3 aromatic rings. The maximum atomic E-state index is 11.2. The third kappa shape index (κ3) is 3.62. The van der Waals surface area contributed by atoms with Gasteiger partial charge in [-0.25, -0.2) is 0 Å². The Morgan fingerprint density at radius 1 is 1.22 bits per heavy atom. The van der Waals surface area contributed by atoms with Crippen LogP contribution in [0.4, 0.5) is 0 Å². The van der Waals surface area contributed by atoms with Crippen LogP contribution in [0, 0.1) is 0 Å². The summed E-state index contributed by atoms with van der Waals surface area (Å²) in [5.74, 6) is -0.803. The number of rotatable bonds is 5. The molecule has 0 aliphatic carbocycles. The smallest absolute Gasteiger partial charge is 0.307 e. The van der Waals surface area contributed by atoms with Gasteiger partial charge in [-0.05, 0) is 47.7 Å². The zero-order valence-electron chi connectivity index (χ0n) is 12.6. The van der Waals surface area contributed by atoms with E-state index in [-0.39, 0.29) is 6.42 Å². The van der Waals surface area contributed by atoms with Gasteiger partial charge in [0.15, 0.2) is 0 Å². The van der Waals surface area contributed by atoms with Crippen molar-refractivity contribution in [3.05, 3.63) is 64.3 Å². The number of carboxylic acid groups (broad SMARTS) is 1. The van der Waals surface area contributed by atoms with Crippen molar-refractivity contribution < 1.29 is 9.90 Å². The Kier molecular flexibility index (Phi) is 4.78. The van der Waals surface area contributed by atoms with Gasteiger partial charge in [0.2, 0.25) is 0 Å². The highest BCUT2D eigenvalue weighted by atomic mass is 79.9. The Labute approximate surface area is 147 Å². The van der Waals surface area contributed by atoms with E-state index in [1.807, 2.05) is 24.6 Å². The molecule has 0 bridgehead atoms. The minimum absolute atomic E-state index is 0.0433. The molecule has 2 aromatic carbocycles. The van der Waals surface area contributed by atoms with E-state index in [1.54, 1.807) is 11.8 Å². The molecule has 3 rings (SSSR count). The lowest BCUT2D eigenvalue weighted by Gasteiger charge is -2.06. The van der Waals surface area contributed by atoms with Crippen molar-refractivity contribution in [1.29, 1.82) is 0 Å². The van der Waals surface area contributed by atoms with Crippen LogP contribution in [0.5, 0.6) is 0 Å². The number of halogens is 1. The highest BCUT2D eigenvalue weighted by molar-refractivity contribution is 9.10. The predicted octanol–water partition coefficient (Wildman–Crippen LogP) is 4.80. The van der Waals surface area contributed by atoms with Gasteiger partial charge in [-0.3, -0.25) is 4.79 Å². The number of benzene rings is 2. The normalized spacial score (nSPS) is 11.0. The third-order valence-corrected chi connectivity index (χ3v) is 5.03. The fraction of sp³-hybridized carbons (Fsp3) is 0.167. The SMILES string of the molecule is CSc1ccc2c(c1)c(CC(=O)O)cn2Cc1ccc(Br)cc1. The first kappa shape index (κ1) is 16.1. The molecule has 1 heterocycles. The molecule has 1 aromatic heterocycles. The Morgan fingerprint density at radius 3 is 2.61 bits per heavy atom. The average Bonchev–Trinajstić information content (AvgIpc) is 2.86. The van der Waals surface area contributed by atoms with Crippen LogP contribution in [0.1, 0.15) is 11.1 Å². The summed E-state index contributed by atoms with van der Waals surface area (Å²) >= 11 is 5.11. The number of hydrogen-bond acceptors (Lipinski definition) is 2. The van der Waals surface area contributed by atoms with Crippen molar-refractivity contribution in [2.24, 2.45) is 0 Å². The van der Waals surface area contributed by atoms with E-state index in [0.29, 0.717) is 0 Å². The van der Waals surface area contributed by atoms with Crippen LogP contribution >= 0.6 is 27.7 Å². The average molecular weight is 390 g/mol. The van der Waals surface area contributed by atoms with Crippen molar-refractivity contribution in [2.45, 2.75) is 17.9 Å². The lowest BCUT2D eigenvalue weighted by Crippen LogP contribution is -2.00. The quantitative estimate of drug-likeness (QED) is 0.637. The van der Waals surface area contributed by atoms with Crippen LogP contribution in [0.25, 0.3) is 10.9 Å². The second-order valence-corrected chi connectivity index (χ2v) is 7.16. The lowest BCUT2D eigenvalue weighted by molar-refractivity contribution is -0.136. The lowest BCUT2D eigenvalue weighted by atomic mass is 10.1.